The van der Waals surface area contributed by atoms with Crippen molar-refractivity contribution in [3.05, 3.63) is 282 Å². The zero-order valence-corrected chi connectivity index (χ0v) is 42.8. The smallest absolute Gasteiger partial charge is 0.0541 e. The van der Waals surface area contributed by atoms with Crippen LogP contribution in [0.25, 0.3) is 126 Å². The fraction of sp³-hybridized carbons (Fsp3) is 0.0541. The molecule has 15 rings (SSSR count). The van der Waals surface area contributed by atoms with Crippen LogP contribution in [0.1, 0.15) is 28.8 Å². The first-order valence-corrected chi connectivity index (χ1v) is 27.5. The molecule has 76 heavy (non-hydrogen) atoms. The van der Waals surface area contributed by atoms with Gasteiger partial charge in [-0.3, -0.25) is 0 Å². The second kappa shape index (κ2) is 18.4. The van der Waals surface area contributed by atoms with Gasteiger partial charge in [-0.25, -0.2) is 0 Å². The SMILES string of the molecule is C1=CC(C2=Cc3c(sc4c(-c5ccc6c(c5)c5ccccc5n6-c5ccc(-c6c7ccccc7c(-c7ccccc7)c7ccccc67)cc5)cc(-c5cccc(-c6ccccc6)c5)cc34)CC2)CC(c2ccccc2)=C1. The Kier molecular flexibility index (Phi) is 10.7. The van der Waals surface area contributed by atoms with Crippen molar-refractivity contribution >= 4 is 76.4 Å². The molecule has 358 valence electrons. The summed E-state index contributed by atoms with van der Waals surface area (Å²) < 4.78 is 3.83. The van der Waals surface area contributed by atoms with E-state index in [1.54, 1.807) is 0 Å². The molecule has 0 saturated heterocycles. The van der Waals surface area contributed by atoms with Crippen LogP contribution in [0.5, 0.6) is 0 Å². The predicted octanol–water partition coefficient (Wildman–Crippen LogP) is 20.6. The van der Waals surface area contributed by atoms with Crippen molar-refractivity contribution in [2.75, 3.05) is 0 Å². The molecule has 0 amide bonds. The molecule has 1 unspecified atom stereocenters. The maximum absolute atomic E-state index is 2.57. The normalized spacial score (nSPS) is 14.4. The standard InChI is InChI=1S/C74H51NS/c1-4-18-48(19-5-1)52-24-16-26-54(42-52)56-37-41-71-67(44-56)68-47-58(55-27-17-25-53(43-55)49-20-6-2-7-21-49)46-65(74(68)76-71)57-36-40-70-66(45-57)60-28-14-15-33-69(60)75(70)59-38-34-51(35-39-59)73-63-31-12-10-29-61(63)72(50-22-8-3-9-23-50)62-30-11-13-32-64(62)73/h1-36,38-40,43-47,54H,37,41-42H2. The quantitative estimate of drug-likeness (QED) is 0.134. The molecule has 11 aromatic carbocycles. The van der Waals surface area contributed by atoms with Crippen LogP contribution in [-0.4, -0.2) is 4.57 Å². The largest absolute Gasteiger partial charge is 0.309 e. The molecule has 2 aliphatic rings. The number of aryl methyl sites for hydroxylation is 1. The number of rotatable bonds is 8. The number of nitrogens with zero attached hydrogens (tertiary/aromatic N) is 1. The molecule has 0 aliphatic heterocycles. The van der Waals surface area contributed by atoms with E-state index in [1.807, 2.05) is 11.3 Å². The molecule has 1 atom stereocenters. The van der Waals surface area contributed by atoms with E-state index in [4.69, 9.17) is 0 Å². The van der Waals surface area contributed by atoms with Gasteiger partial charge in [0.05, 0.1) is 11.0 Å². The Morgan fingerprint density at radius 2 is 0.921 bits per heavy atom. The molecule has 0 fully saturated rings. The zero-order valence-electron chi connectivity index (χ0n) is 42.0. The van der Waals surface area contributed by atoms with Gasteiger partial charge in [0.1, 0.15) is 0 Å². The van der Waals surface area contributed by atoms with Gasteiger partial charge < -0.3 is 4.57 Å². The first-order valence-electron chi connectivity index (χ1n) is 26.7. The van der Waals surface area contributed by atoms with E-state index < -0.39 is 0 Å². The lowest BCUT2D eigenvalue weighted by Crippen LogP contribution is -2.09. The Balaban J connectivity index is 0.862. The highest BCUT2D eigenvalue weighted by atomic mass is 32.1. The highest BCUT2D eigenvalue weighted by Crippen LogP contribution is 2.49. The second-order valence-corrected chi connectivity index (χ2v) is 21.7. The molecule has 2 heteroatoms. The summed E-state index contributed by atoms with van der Waals surface area (Å²) in [5, 5.41) is 8.92. The van der Waals surface area contributed by atoms with E-state index in [1.165, 1.54) is 136 Å². The van der Waals surface area contributed by atoms with Crippen LogP contribution in [0, 0.1) is 5.92 Å². The lowest BCUT2D eigenvalue weighted by molar-refractivity contribution is 0.723. The van der Waals surface area contributed by atoms with Gasteiger partial charge in [0.2, 0.25) is 0 Å². The van der Waals surface area contributed by atoms with Gasteiger partial charge in [-0.15, -0.1) is 11.3 Å². The topological polar surface area (TPSA) is 4.93 Å². The van der Waals surface area contributed by atoms with Crippen LogP contribution in [0.2, 0.25) is 0 Å². The van der Waals surface area contributed by atoms with E-state index in [2.05, 4.69) is 272 Å². The molecule has 0 N–H and O–H groups in total. The molecule has 2 heterocycles. The number of benzene rings is 11. The Hall–Kier alpha value is -9.08. The lowest BCUT2D eigenvalue weighted by Gasteiger charge is -2.24. The summed E-state index contributed by atoms with van der Waals surface area (Å²) in [5.41, 5.74) is 21.7. The van der Waals surface area contributed by atoms with Crippen LogP contribution in [-0.2, 0) is 6.42 Å². The second-order valence-electron chi connectivity index (χ2n) is 20.6. The van der Waals surface area contributed by atoms with Gasteiger partial charge in [-0.2, -0.15) is 0 Å². The van der Waals surface area contributed by atoms with Gasteiger partial charge >= 0.3 is 0 Å². The number of hydrogen-bond acceptors (Lipinski definition) is 1. The summed E-state index contributed by atoms with van der Waals surface area (Å²) in [7, 11) is 0. The minimum Gasteiger partial charge on any atom is -0.309 e. The van der Waals surface area contributed by atoms with Gasteiger partial charge in [0.15, 0.2) is 0 Å². The minimum absolute atomic E-state index is 0.385. The zero-order chi connectivity index (χ0) is 50.1. The number of allylic oxidation sites excluding steroid dienone is 5. The monoisotopic (exact) mass is 985 g/mol. The Labute approximate surface area is 447 Å². The molecule has 1 nitrogen and oxygen atoms in total. The lowest BCUT2D eigenvalue weighted by atomic mass is 9.80. The summed E-state index contributed by atoms with van der Waals surface area (Å²) in [5.74, 6) is 0.385. The summed E-state index contributed by atoms with van der Waals surface area (Å²) in [6.45, 7) is 0. The van der Waals surface area contributed by atoms with Crippen LogP contribution >= 0.6 is 11.3 Å². The Morgan fingerprint density at radius 1 is 0.382 bits per heavy atom. The van der Waals surface area contributed by atoms with E-state index in [0.717, 1.165) is 24.9 Å². The predicted molar refractivity (Wildman–Crippen MR) is 326 cm³/mol. The number of thiophene rings is 1. The van der Waals surface area contributed by atoms with E-state index in [-0.39, 0.29) is 0 Å². The van der Waals surface area contributed by atoms with Crippen LogP contribution in [0.3, 0.4) is 0 Å². The maximum Gasteiger partial charge on any atom is 0.0541 e. The van der Waals surface area contributed by atoms with Crippen molar-refractivity contribution in [3.63, 3.8) is 0 Å². The average molecular weight is 986 g/mol. The molecule has 2 aromatic heterocycles. The van der Waals surface area contributed by atoms with Crippen LogP contribution < -0.4 is 0 Å². The van der Waals surface area contributed by atoms with E-state index >= 15 is 0 Å². The highest BCUT2D eigenvalue weighted by molar-refractivity contribution is 7.20. The van der Waals surface area contributed by atoms with E-state index in [0.29, 0.717) is 5.92 Å². The van der Waals surface area contributed by atoms with Gasteiger partial charge in [0, 0.05) is 42.9 Å². The summed E-state index contributed by atoms with van der Waals surface area (Å²) >= 11 is 2.00. The third kappa shape index (κ3) is 7.51. The summed E-state index contributed by atoms with van der Waals surface area (Å²) in [6, 6.07) is 89.9. The average Bonchev–Trinajstić information content (AvgIpc) is 4.04. The van der Waals surface area contributed by atoms with E-state index in [9.17, 15) is 0 Å². The summed E-state index contributed by atoms with van der Waals surface area (Å²) in [4.78, 5) is 1.49. The Bertz CT molecular complexity index is 4450. The third-order valence-electron chi connectivity index (χ3n) is 16.3. The maximum atomic E-state index is 2.57. The van der Waals surface area contributed by atoms with Crippen LogP contribution in [0.15, 0.2) is 266 Å². The molecule has 2 aliphatic carbocycles. The van der Waals surface area contributed by atoms with Gasteiger partial charge in [-0.1, -0.05) is 224 Å². The molecule has 0 bridgehead atoms. The van der Waals surface area contributed by atoms with Crippen molar-refractivity contribution < 1.29 is 0 Å². The molecule has 0 radical (unpaired) electrons. The van der Waals surface area contributed by atoms with Gasteiger partial charge in [0.25, 0.3) is 0 Å². The van der Waals surface area contributed by atoms with Crippen LogP contribution in [0.4, 0.5) is 0 Å². The number of fused-ring (bicyclic) bond motifs is 8. The molecular formula is C74H51NS. The highest BCUT2D eigenvalue weighted by Gasteiger charge is 2.26. The number of para-hydroxylation sites is 1. The summed E-state index contributed by atoms with van der Waals surface area (Å²) in [6.07, 6.45) is 12.8. The molecular weight excluding hydrogens is 935 g/mol. The Morgan fingerprint density at radius 3 is 1.61 bits per heavy atom. The fourth-order valence-corrected chi connectivity index (χ4v) is 14.0. The first kappa shape index (κ1) is 44.4. The minimum atomic E-state index is 0.385. The van der Waals surface area contributed by atoms with Crippen molar-refractivity contribution in [3.8, 4) is 61.3 Å². The number of hydrogen-bond donors (Lipinski definition) is 0. The van der Waals surface area contributed by atoms with Crippen molar-refractivity contribution in [2.24, 2.45) is 5.92 Å². The van der Waals surface area contributed by atoms with Crippen molar-refractivity contribution in [1.82, 2.24) is 4.57 Å². The molecule has 0 saturated carbocycles. The van der Waals surface area contributed by atoms with Crippen molar-refractivity contribution in [2.45, 2.75) is 19.3 Å². The molecule has 13 aromatic rings. The third-order valence-corrected chi connectivity index (χ3v) is 17.6. The first-order chi connectivity index (χ1) is 37.7. The van der Waals surface area contributed by atoms with Crippen molar-refractivity contribution in [1.29, 1.82) is 0 Å². The fourth-order valence-electron chi connectivity index (χ4n) is 12.7. The van der Waals surface area contributed by atoms with Gasteiger partial charge in [-0.05, 0) is 156 Å². The number of aromatic nitrogens is 1. The molecule has 0 spiro atoms.